The molecule has 0 saturated carbocycles. The van der Waals surface area contributed by atoms with E-state index in [2.05, 4.69) is 0 Å². The fourth-order valence-electron chi connectivity index (χ4n) is 1.53. The topological polar surface area (TPSA) is 51.2 Å². The zero-order chi connectivity index (χ0) is 13.2. The highest BCUT2D eigenvalue weighted by Crippen LogP contribution is 2.25. The molecule has 1 aromatic carbocycles. The first-order valence-electron chi connectivity index (χ1n) is 4.65. The van der Waals surface area contributed by atoms with Crippen molar-refractivity contribution in [1.82, 2.24) is 0 Å². The van der Waals surface area contributed by atoms with E-state index in [4.69, 9.17) is 34.8 Å². The van der Waals surface area contributed by atoms with Crippen LogP contribution in [0.5, 0.6) is 0 Å². The molecule has 0 fully saturated rings. The van der Waals surface area contributed by atoms with Gasteiger partial charge in [0.05, 0.1) is 11.1 Å². The largest absolute Gasteiger partial charge is 0.276 e. The van der Waals surface area contributed by atoms with Crippen LogP contribution < -0.4 is 0 Å². The Bertz CT molecular complexity index is 509. The maximum atomic E-state index is 11.3. The smallest absolute Gasteiger partial charge is 0.253 e. The third kappa shape index (κ3) is 2.86. The molecule has 1 aromatic rings. The van der Waals surface area contributed by atoms with Crippen molar-refractivity contribution in [1.29, 1.82) is 0 Å². The highest BCUT2D eigenvalue weighted by molar-refractivity contribution is 6.74. The SMILES string of the molecule is CCc1ccc(C(=O)Cl)c(C(=O)Cl)c1C(=O)Cl. The van der Waals surface area contributed by atoms with Gasteiger partial charge in [-0.3, -0.25) is 14.4 Å². The molecule has 1 rings (SSSR count). The van der Waals surface area contributed by atoms with Gasteiger partial charge in [0.15, 0.2) is 0 Å². The summed E-state index contributed by atoms with van der Waals surface area (Å²) in [6.45, 7) is 1.78. The van der Waals surface area contributed by atoms with Gasteiger partial charge in [0.2, 0.25) is 0 Å². The van der Waals surface area contributed by atoms with Crippen molar-refractivity contribution < 1.29 is 14.4 Å². The Morgan fingerprint density at radius 3 is 1.82 bits per heavy atom. The number of carbonyl (C=O) groups is 3. The lowest BCUT2D eigenvalue weighted by molar-refractivity contribution is 0.103. The molecule has 0 bridgehead atoms. The number of hydrogen-bond donors (Lipinski definition) is 0. The van der Waals surface area contributed by atoms with E-state index in [9.17, 15) is 14.4 Å². The zero-order valence-electron chi connectivity index (χ0n) is 8.72. The Kier molecular flexibility index (Phi) is 4.69. The Hall–Kier alpha value is -0.900. The van der Waals surface area contributed by atoms with E-state index in [1.165, 1.54) is 12.1 Å². The van der Waals surface area contributed by atoms with Crippen LogP contribution in [0.3, 0.4) is 0 Å². The number of hydrogen-bond acceptors (Lipinski definition) is 3. The fraction of sp³-hybridized carbons (Fsp3) is 0.182. The van der Waals surface area contributed by atoms with Crippen molar-refractivity contribution in [2.24, 2.45) is 0 Å². The third-order valence-electron chi connectivity index (χ3n) is 2.28. The summed E-state index contributed by atoms with van der Waals surface area (Å²) in [5, 5.41) is -2.64. The van der Waals surface area contributed by atoms with Gasteiger partial charge in [-0.1, -0.05) is 13.0 Å². The Morgan fingerprint density at radius 1 is 0.941 bits per heavy atom. The van der Waals surface area contributed by atoms with Gasteiger partial charge >= 0.3 is 0 Å². The Balaban J connectivity index is 3.71. The average molecular weight is 294 g/mol. The minimum absolute atomic E-state index is 0.0549. The molecule has 17 heavy (non-hydrogen) atoms. The van der Waals surface area contributed by atoms with Crippen molar-refractivity contribution in [2.45, 2.75) is 13.3 Å². The minimum Gasteiger partial charge on any atom is -0.276 e. The second-order valence-corrected chi connectivity index (χ2v) is 4.23. The number of halogens is 3. The van der Waals surface area contributed by atoms with Crippen LogP contribution in [0, 0.1) is 0 Å². The summed E-state index contributed by atoms with van der Waals surface area (Å²) >= 11 is 16.1. The van der Waals surface area contributed by atoms with Gasteiger partial charge in [0.25, 0.3) is 15.7 Å². The van der Waals surface area contributed by atoms with Gasteiger partial charge in [0.1, 0.15) is 0 Å². The maximum absolute atomic E-state index is 11.3. The van der Waals surface area contributed by atoms with Gasteiger partial charge in [-0.2, -0.15) is 0 Å². The first kappa shape index (κ1) is 14.2. The van der Waals surface area contributed by atoms with Crippen molar-refractivity contribution in [3.05, 3.63) is 34.4 Å². The van der Waals surface area contributed by atoms with Crippen LogP contribution in [0.25, 0.3) is 0 Å². The molecule has 0 aromatic heterocycles. The quantitative estimate of drug-likeness (QED) is 0.800. The van der Waals surface area contributed by atoms with E-state index >= 15 is 0 Å². The van der Waals surface area contributed by atoms with E-state index < -0.39 is 15.7 Å². The van der Waals surface area contributed by atoms with Crippen LogP contribution in [0.1, 0.15) is 43.6 Å². The molecule has 0 aliphatic rings. The first-order valence-corrected chi connectivity index (χ1v) is 5.78. The van der Waals surface area contributed by atoms with Crippen LogP contribution in [0.15, 0.2) is 12.1 Å². The molecule has 0 N–H and O–H groups in total. The van der Waals surface area contributed by atoms with Crippen LogP contribution >= 0.6 is 34.8 Å². The molecule has 0 aliphatic carbocycles. The van der Waals surface area contributed by atoms with Gasteiger partial charge in [-0.15, -0.1) is 0 Å². The summed E-state index contributed by atoms with van der Waals surface area (Å²) in [6, 6.07) is 2.88. The predicted octanol–water partition coefficient (Wildman–Crippen LogP) is 3.39. The number of carbonyl (C=O) groups excluding carboxylic acids is 3. The van der Waals surface area contributed by atoms with E-state index in [-0.39, 0.29) is 16.7 Å². The number of benzene rings is 1. The minimum atomic E-state index is -0.937. The van der Waals surface area contributed by atoms with Gasteiger partial charge in [-0.25, -0.2) is 0 Å². The second kappa shape index (κ2) is 5.63. The number of aryl methyl sites for hydroxylation is 1. The monoisotopic (exact) mass is 292 g/mol. The van der Waals surface area contributed by atoms with Crippen molar-refractivity contribution >= 4 is 50.5 Å². The highest BCUT2D eigenvalue weighted by Gasteiger charge is 2.24. The van der Waals surface area contributed by atoms with Crippen LogP contribution in [-0.4, -0.2) is 15.7 Å². The van der Waals surface area contributed by atoms with Crippen LogP contribution in [0.2, 0.25) is 0 Å². The molecule has 3 nitrogen and oxygen atoms in total. The summed E-state index contributed by atoms with van der Waals surface area (Å²) in [5.41, 5.74) is 0.134. The molecule has 0 heterocycles. The standard InChI is InChI=1S/C11H7Cl3O3/c1-2-5-3-4-6(9(12)15)8(11(14)17)7(5)10(13)16/h3-4H,2H2,1H3. The van der Waals surface area contributed by atoms with Gasteiger partial charge < -0.3 is 0 Å². The molecule has 0 radical (unpaired) electrons. The lowest BCUT2D eigenvalue weighted by Gasteiger charge is -2.10. The second-order valence-electron chi connectivity index (χ2n) is 3.20. The fourth-order valence-corrected chi connectivity index (χ4v) is 2.10. The molecular formula is C11H7Cl3O3. The molecule has 0 aliphatic heterocycles. The van der Waals surface area contributed by atoms with Gasteiger partial charge in [0, 0.05) is 5.56 Å². The number of rotatable bonds is 4. The van der Waals surface area contributed by atoms with E-state index in [0.29, 0.717) is 12.0 Å². The maximum Gasteiger partial charge on any atom is 0.253 e. The highest BCUT2D eigenvalue weighted by atomic mass is 35.5. The molecule has 6 heteroatoms. The van der Waals surface area contributed by atoms with Crippen LogP contribution in [-0.2, 0) is 6.42 Å². The van der Waals surface area contributed by atoms with E-state index in [0.717, 1.165) is 0 Å². The Morgan fingerprint density at radius 2 is 1.47 bits per heavy atom. The summed E-state index contributed by atoms with van der Waals surface area (Å²) in [6.07, 6.45) is 0.474. The molecular weight excluding hydrogens is 286 g/mol. The molecule has 0 amide bonds. The average Bonchev–Trinajstić information content (AvgIpc) is 2.26. The van der Waals surface area contributed by atoms with Crippen LogP contribution in [0.4, 0.5) is 0 Å². The lowest BCUT2D eigenvalue weighted by atomic mass is 9.96. The summed E-state index contributed by atoms with van der Waals surface area (Å²) < 4.78 is 0. The van der Waals surface area contributed by atoms with Crippen molar-refractivity contribution in [3.63, 3.8) is 0 Å². The molecule has 0 saturated heterocycles. The molecule has 0 unspecified atom stereocenters. The van der Waals surface area contributed by atoms with Crippen molar-refractivity contribution in [2.75, 3.05) is 0 Å². The summed E-state index contributed by atoms with van der Waals surface area (Å²) in [5.74, 6) is 0. The Labute approximate surface area is 113 Å². The molecule has 90 valence electrons. The summed E-state index contributed by atoms with van der Waals surface area (Å²) in [7, 11) is 0. The van der Waals surface area contributed by atoms with Gasteiger partial charge in [-0.05, 0) is 52.9 Å². The zero-order valence-corrected chi connectivity index (χ0v) is 11.0. The third-order valence-corrected chi connectivity index (χ3v) is 2.86. The summed E-state index contributed by atoms with van der Waals surface area (Å²) in [4.78, 5) is 33.8. The first-order chi connectivity index (χ1) is 7.90. The predicted molar refractivity (Wildman–Crippen MR) is 66.4 cm³/mol. The van der Waals surface area contributed by atoms with E-state index in [1.54, 1.807) is 6.92 Å². The lowest BCUT2D eigenvalue weighted by Crippen LogP contribution is -2.11. The van der Waals surface area contributed by atoms with E-state index in [1.807, 2.05) is 0 Å². The molecule has 0 spiro atoms. The van der Waals surface area contributed by atoms with Crippen molar-refractivity contribution in [3.8, 4) is 0 Å². The molecule has 0 atom stereocenters. The normalized spacial score (nSPS) is 10.1.